The third-order valence-corrected chi connectivity index (χ3v) is 4.05. The maximum atomic E-state index is 10.5. The topological polar surface area (TPSA) is 20.2 Å². The average molecular weight is 283 g/mol. The van der Waals surface area contributed by atoms with Crippen molar-refractivity contribution in [2.45, 2.75) is 70.8 Å². The monoisotopic (exact) mass is 282 g/mol. The molecule has 1 atom stereocenters. The third kappa shape index (κ3) is 5.97. The first-order chi connectivity index (χ1) is 9.08. The summed E-state index contributed by atoms with van der Waals surface area (Å²) in [4.78, 5) is 0. The zero-order valence-electron chi connectivity index (χ0n) is 12.3. The van der Waals surface area contributed by atoms with E-state index in [-0.39, 0.29) is 0 Å². The molecule has 0 aliphatic rings. The molecule has 0 heterocycles. The van der Waals surface area contributed by atoms with Gasteiger partial charge < -0.3 is 5.11 Å². The third-order valence-electron chi connectivity index (χ3n) is 3.72. The molecule has 0 amide bonds. The van der Waals surface area contributed by atoms with E-state index in [1.807, 2.05) is 31.2 Å². The average Bonchev–Trinajstić information content (AvgIpc) is 2.38. The number of rotatable bonds is 9. The molecule has 1 nitrogen and oxygen atoms in total. The predicted octanol–water partition coefficient (Wildman–Crippen LogP) is 5.69. The van der Waals surface area contributed by atoms with Gasteiger partial charge in [-0.15, -0.1) is 0 Å². The van der Waals surface area contributed by atoms with Crippen LogP contribution in [0, 0.1) is 0 Å². The Hall–Kier alpha value is -0.530. The smallest absolute Gasteiger partial charge is 0.0882 e. The molecule has 108 valence electrons. The standard InChI is InChI=1S/C17H27ClO/c1-3-4-5-6-7-8-11-14-17(2,19)15-12-9-10-13-16(15)18/h9-10,12-13,19H,3-8,11,14H2,1-2H3. The Bertz CT molecular complexity index is 360. The van der Waals surface area contributed by atoms with E-state index in [0.29, 0.717) is 5.02 Å². The van der Waals surface area contributed by atoms with Crippen LogP contribution in [-0.2, 0) is 5.60 Å². The lowest BCUT2D eigenvalue weighted by atomic mass is 9.90. The Kier molecular flexibility index (Phi) is 7.48. The summed E-state index contributed by atoms with van der Waals surface area (Å²) in [6.07, 6.45) is 9.62. The summed E-state index contributed by atoms with van der Waals surface area (Å²) in [6.45, 7) is 4.10. The molecule has 0 saturated heterocycles. The van der Waals surface area contributed by atoms with E-state index >= 15 is 0 Å². The molecule has 19 heavy (non-hydrogen) atoms. The van der Waals surface area contributed by atoms with Gasteiger partial charge in [0.2, 0.25) is 0 Å². The molecule has 0 aliphatic heterocycles. The van der Waals surface area contributed by atoms with Gasteiger partial charge in [0.05, 0.1) is 5.60 Å². The molecule has 1 aromatic rings. The number of benzene rings is 1. The van der Waals surface area contributed by atoms with Crippen molar-refractivity contribution in [1.29, 1.82) is 0 Å². The summed E-state index contributed by atoms with van der Waals surface area (Å²) in [6, 6.07) is 7.59. The highest BCUT2D eigenvalue weighted by atomic mass is 35.5. The van der Waals surface area contributed by atoms with E-state index in [1.54, 1.807) is 0 Å². The van der Waals surface area contributed by atoms with Crippen LogP contribution < -0.4 is 0 Å². The Balaban J connectivity index is 2.30. The van der Waals surface area contributed by atoms with Crippen molar-refractivity contribution >= 4 is 11.6 Å². The van der Waals surface area contributed by atoms with E-state index in [0.717, 1.165) is 18.4 Å². The van der Waals surface area contributed by atoms with Gasteiger partial charge in [-0.3, -0.25) is 0 Å². The lowest BCUT2D eigenvalue weighted by Gasteiger charge is -2.25. The molecule has 0 radical (unpaired) electrons. The highest BCUT2D eigenvalue weighted by molar-refractivity contribution is 6.31. The van der Waals surface area contributed by atoms with Gasteiger partial charge in [0.1, 0.15) is 0 Å². The Morgan fingerprint density at radius 3 is 2.21 bits per heavy atom. The molecule has 0 saturated carbocycles. The van der Waals surface area contributed by atoms with Gasteiger partial charge in [-0.1, -0.05) is 81.7 Å². The fourth-order valence-corrected chi connectivity index (χ4v) is 2.80. The molecule has 0 aliphatic carbocycles. The second-order valence-electron chi connectivity index (χ2n) is 5.63. The van der Waals surface area contributed by atoms with Crippen molar-refractivity contribution in [3.8, 4) is 0 Å². The molecule has 0 fully saturated rings. The zero-order valence-corrected chi connectivity index (χ0v) is 13.0. The highest BCUT2D eigenvalue weighted by Gasteiger charge is 2.24. The van der Waals surface area contributed by atoms with Crippen LogP contribution in [0.25, 0.3) is 0 Å². The first-order valence-electron chi connectivity index (χ1n) is 7.55. The van der Waals surface area contributed by atoms with Crippen molar-refractivity contribution in [3.63, 3.8) is 0 Å². The van der Waals surface area contributed by atoms with Gasteiger partial charge in [0, 0.05) is 10.6 Å². The van der Waals surface area contributed by atoms with Crippen LogP contribution in [0.2, 0.25) is 5.02 Å². The molecule has 1 N–H and O–H groups in total. The molecule has 0 aromatic heterocycles. The fraction of sp³-hybridized carbons (Fsp3) is 0.647. The van der Waals surface area contributed by atoms with Crippen LogP contribution in [0.4, 0.5) is 0 Å². The molecule has 1 rings (SSSR count). The summed E-state index contributed by atoms with van der Waals surface area (Å²) in [5.74, 6) is 0. The number of aliphatic hydroxyl groups is 1. The second-order valence-corrected chi connectivity index (χ2v) is 6.03. The van der Waals surface area contributed by atoms with Crippen molar-refractivity contribution in [3.05, 3.63) is 34.9 Å². The first-order valence-corrected chi connectivity index (χ1v) is 7.93. The van der Waals surface area contributed by atoms with Gasteiger partial charge in [-0.05, 0) is 19.4 Å². The Morgan fingerprint density at radius 2 is 1.58 bits per heavy atom. The van der Waals surface area contributed by atoms with Crippen molar-refractivity contribution in [2.24, 2.45) is 0 Å². The summed E-state index contributed by atoms with van der Waals surface area (Å²) in [5.41, 5.74) is 0.0459. The minimum absolute atomic E-state index is 0.662. The lowest BCUT2D eigenvalue weighted by molar-refractivity contribution is 0.0449. The quantitative estimate of drug-likeness (QED) is 0.577. The maximum Gasteiger partial charge on any atom is 0.0882 e. The molecule has 0 spiro atoms. The van der Waals surface area contributed by atoms with Crippen LogP contribution in [0.15, 0.2) is 24.3 Å². The van der Waals surface area contributed by atoms with Crippen LogP contribution in [0.1, 0.15) is 70.8 Å². The predicted molar refractivity (Wildman–Crippen MR) is 83.6 cm³/mol. The molecular formula is C17H27ClO. The lowest BCUT2D eigenvalue weighted by Crippen LogP contribution is -2.21. The van der Waals surface area contributed by atoms with Crippen LogP contribution in [0.5, 0.6) is 0 Å². The number of halogens is 1. The summed E-state index contributed by atoms with van der Waals surface area (Å²) >= 11 is 6.15. The second kappa shape index (κ2) is 8.60. The molecule has 1 aromatic carbocycles. The van der Waals surface area contributed by atoms with Gasteiger partial charge in [0.25, 0.3) is 0 Å². The maximum absolute atomic E-state index is 10.5. The van der Waals surface area contributed by atoms with Crippen molar-refractivity contribution in [1.82, 2.24) is 0 Å². The summed E-state index contributed by atoms with van der Waals surface area (Å²) < 4.78 is 0. The minimum atomic E-state index is -0.804. The fourth-order valence-electron chi connectivity index (χ4n) is 2.46. The van der Waals surface area contributed by atoms with Crippen molar-refractivity contribution in [2.75, 3.05) is 0 Å². The van der Waals surface area contributed by atoms with Crippen LogP contribution in [0.3, 0.4) is 0 Å². The molecule has 2 heteroatoms. The van der Waals surface area contributed by atoms with Crippen molar-refractivity contribution < 1.29 is 5.11 Å². The molecular weight excluding hydrogens is 256 g/mol. The van der Waals surface area contributed by atoms with E-state index in [1.165, 1.54) is 38.5 Å². The van der Waals surface area contributed by atoms with E-state index in [4.69, 9.17) is 11.6 Å². The van der Waals surface area contributed by atoms with Gasteiger partial charge in [0.15, 0.2) is 0 Å². The van der Waals surface area contributed by atoms with E-state index in [9.17, 15) is 5.11 Å². The highest BCUT2D eigenvalue weighted by Crippen LogP contribution is 2.32. The Labute approximate surface area is 123 Å². The summed E-state index contributed by atoms with van der Waals surface area (Å²) in [5, 5.41) is 11.2. The van der Waals surface area contributed by atoms with Gasteiger partial charge in [-0.2, -0.15) is 0 Å². The number of hydrogen-bond acceptors (Lipinski definition) is 1. The van der Waals surface area contributed by atoms with Gasteiger partial charge in [-0.25, -0.2) is 0 Å². The largest absolute Gasteiger partial charge is 0.385 e. The SMILES string of the molecule is CCCCCCCCCC(C)(O)c1ccccc1Cl. The van der Waals surface area contributed by atoms with E-state index < -0.39 is 5.60 Å². The van der Waals surface area contributed by atoms with Crippen LogP contribution >= 0.6 is 11.6 Å². The number of unbranched alkanes of at least 4 members (excludes halogenated alkanes) is 6. The normalized spacial score (nSPS) is 14.3. The van der Waals surface area contributed by atoms with Gasteiger partial charge >= 0.3 is 0 Å². The number of hydrogen-bond donors (Lipinski definition) is 1. The first kappa shape index (κ1) is 16.5. The Morgan fingerprint density at radius 1 is 1.00 bits per heavy atom. The van der Waals surface area contributed by atoms with Crippen LogP contribution in [-0.4, -0.2) is 5.11 Å². The molecule has 1 unspecified atom stereocenters. The summed E-state index contributed by atoms with van der Waals surface area (Å²) in [7, 11) is 0. The van der Waals surface area contributed by atoms with E-state index in [2.05, 4.69) is 6.92 Å². The minimum Gasteiger partial charge on any atom is -0.385 e. The molecule has 0 bridgehead atoms. The zero-order chi connectivity index (χ0) is 14.1.